The number of carbonyl (C=O) groups is 2. The monoisotopic (exact) mass is 413 g/mol. The first-order valence-corrected chi connectivity index (χ1v) is 8.18. The average Bonchev–Trinajstić information content (AvgIpc) is 2.70. The van der Waals surface area contributed by atoms with E-state index in [2.05, 4.69) is 21.2 Å². The van der Waals surface area contributed by atoms with E-state index in [4.69, 9.17) is 23.2 Å². The first-order chi connectivity index (χ1) is 10.8. The molecule has 0 radical (unpaired) electrons. The molecule has 1 atom stereocenters. The Morgan fingerprint density at radius 1 is 1.22 bits per heavy atom. The Labute approximate surface area is 150 Å². The first-order valence-electron chi connectivity index (χ1n) is 6.63. The van der Waals surface area contributed by atoms with Crippen molar-refractivity contribution in [1.29, 1.82) is 0 Å². The molecule has 23 heavy (non-hydrogen) atoms. The summed E-state index contributed by atoms with van der Waals surface area (Å²) < 4.78 is 0.828. The van der Waals surface area contributed by atoms with E-state index in [-0.39, 0.29) is 16.4 Å². The predicted octanol–water partition coefficient (Wildman–Crippen LogP) is 4.17. The van der Waals surface area contributed by atoms with Crippen molar-refractivity contribution in [3.63, 3.8) is 0 Å². The lowest BCUT2D eigenvalue weighted by Crippen LogP contribution is -2.36. The number of halogens is 3. The molecule has 1 aliphatic rings. The smallest absolute Gasteiger partial charge is 0.261 e. The average molecular weight is 415 g/mol. The van der Waals surface area contributed by atoms with Gasteiger partial charge in [-0.2, -0.15) is 0 Å². The van der Waals surface area contributed by atoms with Gasteiger partial charge in [0.25, 0.3) is 5.91 Å². The van der Waals surface area contributed by atoms with Gasteiger partial charge in [-0.1, -0.05) is 51.3 Å². The highest BCUT2D eigenvalue weighted by atomic mass is 79.9. The summed E-state index contributed by atoms with van der Waals surface area (Å²) in [4.78, 5) is 24.6. The van der Waals surface area contributed by atoms with Crippen molar-refractivity contribution >= 4 is 56.5 Å². The minimum Gasteiger partial charge on any atom is -0.375 e. The number of carbonyl (C=O) groups excluding carboxylic acids is 2. The zero-order valence-corrected chi connectivity index (χ0v) is 14.7. The van der Waals surface area contributed by atoms with Gasteiger partial charge in [-0.05, 0) is 24.3 Å². The van der Waals surface area contributed by atoms with Crippen molar-refractivity contribution in [1.82, 2.24) is 0 Å². The van der Waals surface area contributed by atoms with Crippen LogP contribution in [-0.2, 0) is 10.4 Å². The van der Waals surface area contributed by atoms with Crippen molar-refractivity contribution in [2.75, 3.05) is 5.32 Å². The quantitative estimate of drug-likeness (QED) is 0.740. The van der Waals surface area contributed by atoms with Crippen LogP contribution in [0.25, 0.3) is 0 Å². The topological polar surface area (TPSA) is 66.4 Å². The Morgan fingerprint density at radius 3 is 2.52 bits per heavy atom. The number of hydrogen-bond donors (Lipinski definition) is 2. The zero-order valence-electron chi connectivity index (χ0n) is 11.6. The molecule has 1 heterocycles. The molecule has 3 rings (SSSR count). The predicted molar refractivity (Wildman–Crippen MR) is 92.1 cm³/mol. The Hall–Kier alpha value is -1.40. The lowest BCUT2D eigenvalue weighted by Gasteiger charge is -2.21. The van der Waals surface area contributed by atoms with Gasteiger partial charge in [0, 0.05) is 20.6 Å². The van der Waals surface area contributed by atoms with E-state index in [1.54, 1.807) is 24.3 Å². The highest BCUT2D eigenvalue weighted by Crippen LogP contribution is 2.44. The molecule has 0 unspecified atom stereocenters. The van der Waals surface area contributed by atoms with Crippen LogP contribution in [0.15, 0.2) is 40.9 Å². The fourth-order valence-electron chi connectivity index (χ4n) is 2.57. The zero-order chi connectivity index (χ0) is 16.8. The van der Waals surface area contributed by atoms with Gasteiger partial charge < -0.3 is 10.4 Å². The number of Topliss-reactive ketones (excluding diaryl/α,β-unsaturated/α-hetero) is 1. The van der Waals surface area contributed by atoms with Crippen LogP contribution < -0.4 is 5.32 Å². The third-order valence-electron chi connectivity index (χ3n) is 3.68. The third kappa shape index (κ3) is 2.90. The molecule has 0 bridgehead atoms. The number of benzene rings is 2. The van der Waals surface area contributed by atoms with E-state index in [1.165, 1.54) is 12.1 Å². The molecule has 0 saturated heterocycles. The van der Waals surface area contributed by atoms with Crippen molar-refractivity contribution in [3.8, 4) is 0 Å². The standard InChI is InChI=1S/C16H10BrCl2NO3/c17-9-3-1-8(2-4-9)13(21)7-16(23)14-11(19)5-10(18)6-12(14)20-15(16)22/h1-6,23H,7H2,(H,20,22)/t16-/m0/s1. The van der Waals surface area contributed by atoms with E-state index in [9.17, 15) is 14.7 Å². The van der Waals surface area contributed by atoms with Gasteiger partial charge >= 0.3 is 0 Å². The molecule has 0 spiro atoms. The number of ketones is 1. The van der Waals surface area contributed by atoms with E-state index in [1.807, 2.05) is 0 Å². The number of aliphatic hydroxyl groups is 1. The van der Waals surface area contributed by atoms with Crippen LogP contribution >= 0.6 is 39.1 Å². The van der Waals surface area contributed by atoms with Gasteiger partial charge in [0.2, 0.25) is 0 Å². The Morgan fingerprint density at radius 2 is 1.87 bits per heavy atom. The number of anilines is 1. The minimum atomic E-state index is -2.01. The molecule has 0 aromatic heterocycles. The maximum absolute atomic E-state index is 12.4. The van der Waals surface area contributed by atoms with E-state index in [0.29, 0.717) is 16.3 Å². The molecule has 4 nitrogen and oxygen atoms in total. The number of nitrogens with one attached hydrogen (secondary N) is 1. The van der Waals surface area contributed by atoms with Gasteiger partial charge in [0.05, 0.1) is 17.1 Å². The molecular formula is C16H10BrCl2NO3. The normalized spacial score (nSPS) is 19.4. The number of rotatable bonds is 3. The second kappa shape index (κ2) is 5.91. The van der Waals surface area contributed by atoms with E-state index >= 15 is 0 Å². The summed E-state index contributed by atoms with van der Waals surface area (Å²) in [5, 5.41) is 13.8. The molecule has 0 aliphatic carbocycles. The van der Waals surface area contributed by atoms with Crippen LogP contribution in [0.3, 0.4) is 0 Å². The summed E-state index contributed by atoms with van der Waals surface area (Å²) in [6.45, 7) is 0. The van der Waals surface area contributed by atoms with Gasteiger partial charge in [-0.25, -0.2) is 0 Å². The fraction of sp³-hybridized carbons (Fsp3) is 0.125. The Kier molecular flexibility index (Phi) is 4.23. The van der Waals surface area contributed by atoms with E-state index in [0.717, 1.165) is 4.47 Å². The molecule has 0 fully saturated rings. The Bertz CT molecular complexity index is 823. The molecule has 2 aromatic rings. The summed E-state index contributed by atoms with van der Waals surface area (Å²) in [5.41, 5.74) is -1.12. The molecule has 2 aromatic carbocycles. The lowest BCUT2D eigenvalue weighted by atomic mass is 9.88. The van der Waals surface area contributed by atoms with Crippen LogP contribution in [0.5, 0.6) is 0 Å². The van der Waals surface area contributed by atoms with Crippen molar-refractivity contribution < 1.29 is 14.7 Å². The van der Waals surface area contributed by atoms with Crippen LogP contribution in [0, 0.1) is 0 Å². The molecule has 2 N–H and O–H groups in total. The molecule has 0 saturated carbocycles. The molecule has 7 heteroatoms. The molecule has 118 valence electrons. The number of hydrogen-bond acceptors (Lipinski definition) is 3. The molecular weight excluding hydrogens is 405 g/mol. The summed E-state index contributed by atoms with van der Waals surface area (Å²) in [6, 6.07) is 9.58. The van der Waals surface area contributed by atoms with Gasteiger partial charge in [0.1, 0.15) is 0 Å². The maximum Gasteiger partial charge on any atom is 0.261 e. The van der Waals surface area contributed by atoms with Crippen molar-refractivity contribution in [2.24, 2.45) is 0 Å². The summed E-state index contributed by atoms with van der Waals surface area (Å²) in [7, 11) is 0. The van der Waals surface area contributed by atoms with Gasteiger partial charge in [-0.15, -0.1) is 0 Å². The van der Waals surface area contributed by atoms with Crippen LogP contribution in [0.1, 0.15) is 22.3 Å². The highest BCUT2D eigenvalue weighted by molar-refractivity contribution is 9.10. The third-order valence-corrected chi connectivity index (χ3v) is 4.72. The van der Waals surface area contributed by atoms with E-state index < -0.39 is 17.9 Å². The Balaban J connectivity index is 1.98. The molecule has 1 aliphatic heterocycles. The molecule has 1 amide bonds. The summed E-state index contributed by atoms with van der Waals surface area (Å²) in [5.74, 6) is -1.06. The second-order valence-corrected chi connectivity index (χ2v) is 6.99. The van der Waals surface area contributed by atoms with Crippen LogP contribution in [0.2, 0.25) is 10.0 Å². The van der Waals surface area contributed by atoms with Crippen molar-refractivity contribution in [3.05, 3.63) is 62.0 Å². The summed E-state index contributed by atoms with van der Waals surface area (Å²) >= 11 is 15.3. The van der Waals surface area contributed by atoms with Gasteiger partial charge in [-0.3, -0.25) is 9.59 Å². The largest absolute Gasteiger partial charge is 0.375 e. The maximum atomic E-state index is 12.4. The van der Waals surface area contributed by atoms with Gasteiger partial charge in [0.15, 0.2) is 11.4 Å². The number of amides is 1. The second-order valence-electron chi connectivity index (χ2n) is 5.23. The van der Waals surface area contributed by atoms with Crippen molar-refractivity contribution in [2.45, 2.75) is 12.0 Å². The fourth-order valence-corrected chi connectivity index (χ4v) is 3.48. The highest BCUT2D eigenvalue weighted by Gasteiger charge is 2.48. The van der Waals surface area contributed by atoms with Crippen LogP contribution in [-0.4, -0.2) is 16.8 Å². The lowest BCUT2D eigenvalue weighted by molar-refractivity contribution is -0.133. The van der Waals surface area contributed by atoms with Crippen LogP contribution in [0.4, 0.5) is 5.69 Å². The number of fused-ring (bicyclic) bond motifs is 1. The summed E-state index contributed by atoms with van der Waals surface area (Å²) in [6.07, 6.45) is -0.408. The minimum absolute atomic E-state index is 0.136. The first kappa shape index (κ1) is 16.5. The SMILES string of the molecule is O=C(C[C@@]1(O)C(=O)Nc2cc(Cl)cc(Cl)c21)c1ccc(Br)cc1.